The molecule has 0 saturated heterocycles. The van der Waals surface area contributed by atoms with Crippen molar-refractivity contribution in [3.05, 3.63) is 29.8 Å². The largest absolute Gasteiger partial charge is 0.493 e. The van der Waals surface area contributed by atoms with Gasteiger partial charge in [-0.15, -0.1) is 0 Å². The van der Waals surface area contributed by atoms with Crippen LogP contribution >= 0.6 is 0 Å². The molecule has 0 atom stereocenters. The first-order valence-corrected chi connectivity index (χ1v) is 7.20. The Morgan fingerprint density at radius 2 is 1.76 bits per heavy atom. The van der Waals surface area contributed by atoms with E-state index in [2.05, 4.69) is 25.7 Å². The molecule has 0 spiro atoms. The van der Waals surface area contributed by atoms with Crippen LogP contribution in [0, 0.1) is 5.92 Å². The molecule has 1 aromatic carbocycles. The highest BCUT2D eigenvalue weighted by molar-refractivity contribution is 5.54. The van der Waals surface area contributed by atoms with Gasteiger partial charge >= 0.3 is 0 Å². The minimum Gasteiger partial charge on any atom is -0.493 e. The van der Waals surface area contributed by atoms with Crippen molar-refractivity contribution in [1.29, 1.82) is 0 Å². The van der Waals surface area contributed by atoms with Crippen LogP contribution in [-0.4, -0.2) is 27.4 Å². The van der Waals surface area contributed by atoms with Crippen molar-refractivity contribution in [3.63, 3.8) is 0 Å². The first-order valence-electron chi connectivity index (χ1n) is 7.20. The van der Waals surface area contributed by atoms with Crippen LogP contribution in [0.4, 0.5) is 0 Å². The Balaban J connectivity index is 2.91. The second kappa shape index (κ2) is 8.57. The molecule has 0 aliphatic heterocycles. The summed E-state index contributed by atoms with van der Waals surface area (Å²) < 4.78 is 16.6. The number of ether oxygens (including phenoxy) is 3. The van der Waals surface area contributed by atoms with Gasteiger partial charge in [0, 0.05) is 6.54 Å². The summed E-state index contributed by atoms with van der Waals surface area (Å²) >= 11 is 0. The molecule has 1 N–H and O–H groups in total. The summed E-state index contributed by atoms with van der Waals surface area (Å²) in [5, 5.41) is 3.41. The van der Waals surface area contributed by atoms with Crippen molar-refractivity contribution in [2.75, 3.05) is 27.4 Å². The SMILES string of the molecule is C=C(C)COc1c(OC)cc(CNCC(C)C)cc1OC. The van der Waals surface area contributed by atoms with Gasteiger partial charge in [-0.05, 0) is 42.7 Å². The number of hydrogen-bond acceptors (Lipinski definition) is 4. The molecule has 1 aromatic rings. The molecule has 0 bridgehead atoms. The monoisotopic (exact) mass is 293 g/mol. The Kier molecular flexibility index (Phi) is 7.09. The summed E-state index contributed by atoms with van der Waals surface area (Å²) in [6.45, 7) is 12.3. The molecule has 0 unspecified atom stereocenters. The molecule has 0 radical (unpaired) electrons. The van der Waals surface area contributed by atoms with Crippen LogP contribution in [0.2, 0.25) is 0 Å². The van der Waals surface area contributed by atoms with Crippen LogP contribution in [0.3, 0.4) is 0 Å². The number of nitrogens with one attached hydrogen (secondary N) is 1. The Bertz CT molecular complexity index is 444. The molecule has 0 fully saturated rings. The van der Waals surface area contributed by atoms with Gasteiger partial charge in [0.25, 0.3) is 0 Å². The van der Waals surface area contributed by atoms with Crippen molar-refractivity contribution in [2.45, 2.75) is 27.3 Å². The van der Waals surface area contributed by atoms with Crippen molar-refractivity contribution in [1.82, 2.24) is 5.32 Å². The summed E-state index contributed by atoms with van der Waals surface area (Å²) in [5.41, 5.74) is 2.05. The van der Waals surface area contributed by atoms with Crippen LogP contribution in [-0.2, 0) is 6.54 Å². The summed E-state index contributed by atoms with van der Waals surface area (Å²) in [4.78, 5) is 0. The molecular weight excluding hydrogens is 266 g/mol. The minimum atomic E-state index is 0.442. The molecule has 118 valence electrons. The van der Waals surface area contributed by atoms with Crippen LogP contribution in [0.25, 0.3) is 0 Å². The predicted molar refractivity (Wildman–Crippen MR) is 86.4 cm³/mol. The van der Waals surface area contributed by atoms with Crippen molar-refractivity contribution >= 4 is 0 Å². The smallest absolute Gasteiger partial charge is 0.203 e. The maximum atomic E-state index is 5.74. The molecule has 4 heteroatoms. The Labute approximate surface area is 128 Å². The zero-order chi connectivity index (χ0) is 15.8. The first kappa shape index (κ1) is 17.4. The van der Waals surface area contributed by atoms with Gasteiger partial charge < -0.3 is 19.5 Å². The fraction of sp³-hybridized carbons (Fsp3) is 0.529. The van der Waals surface area contributed by atoms with Gasteiger partial charge in [-0.25, -0.2) is 0 Å². The third-order valence-corrected chi connectivity index (χ3v) is 2.87. The topological polar surface area (TPSA) is 39.7 Å². The quantitative estimate of drug-likeness (QED) is 0.708. The van der Waals surface area contributed by atoms with Crippen LogP contribution in [0.5, 0.6) is 17.2 Å². The average Bonchev–Trinajstić information content (AvgIpc) is 2.44. The van der Waals surface area contributed by atoms with E-state index in [1.165, 1.54) is 0 Å². The van der Waals surface area contributed by atoms with Gasteiger partial charge in [-0.2, -0.15) is 0 Å². The Morgan fingerprint density at radius 3 is 2.19 bits per heavy atom. The van der Waals surface area contributed by atoms with Crippen molar-refractivity contribution < 1.29 is 14.2 Å². The highest BCUT2D eigenvalue weighted by atomic mass is 16.5. The molecule has 0 heterocycles. The van der Waals surface area contributed by atoms with Gasteiger partial charge in [0.1, 0.15) is 6.61 Å². The molecule has 0 aromatic heterocycles. The van der Waals surface area contributed by atoms with E-state index in [9.17, 15) is 0 Å². The van der Waals surface area contributed by atoms with E-state index in [1.807, 2.05) is 19.1 Å². The highest BCUT2D eigenvalue weighted by Crippen LogP contribution is 2.38. The molecule has 0 amide bonds. The van der Waals surface area contributed by atoms with E-state index in [0.717, 1.165) is 24.2 Å². The fourth-order valence-corrected chi connectivity index (χ4v) is 1.88. The number of methoxy groups -OCH3 is 2. The summed E-state index contributed by atoms with van der Waals surface area (Å²) in [7, 11) is 3.27. The molecule has 21 heavy (non-hydrogen) atoms. The number of hydrogen-bond donors (Lipinski definition) is 1. The lowest BCUT2D eigenvalue weighted by Crippen LogP contribution is -2.19. The van der Waals surface area contributed by atoms with E-state index in [1.54, 1.807) is 14.2 Å². The Hall–Kier alpha value is -1.68. The normalized spacial score (nSPS) is 10.6. The van der Waals surface area contributed by atoms with E-state index in [4.69, 9.17) is 14.2 Å². The van der Waals surface area contributed by atoms with Crippen LogP contribution in [0.15, 0.2) is 24.3 Å². The zero-order valence-corrected chi connectivity index (χ0v) is 13.8. The molecule has 0 aliphatic carbocycles. The van der Waals surface area contributed by atoms with Gasteiger partial charge in [-0.1, -0.05) is 20.4 Å². The van der Waals surface area contributed by atoms with Gasteiger partial charge in [0.2, 0.25) is 5.75 Å². The second-order valence-electron chi connectivity index (χ2n) is 5.60. The first-order chi connectivity index (χ1) is 9.97. The fourth-order valence-electron chi connectivity index (χ4n) is 1.88. The molecule has 1 rings (SSSR count). The predicted octanol–water partition coefficient (Wildman–Crippen LogP) is 3.40. The minimum absolute atomic E-state index is 0.442. The second-order valence-corrected chi connectivity index (χ2v) is 5.60. The average molecular weight is 293 g/mol. The van der Waals surface area contributed by atoms with Crippen LogP contribution in [0.1, 0.15) is 26.3 Å². The van der Waals surface area contributed by atoms with E-state index >= 15 is 0 Å². The number of rotatable bonds is 9. The lowest BCUT2D eigenvalue weighted by atomic mass is 10.1. The Morgan fingerprint density at radius 1 is 1.19 bits per heavy atom. The maximum Gasteiger partial charge on any atom is 0.203 e. The lowest BCUT2D eigenvalue weighted by molar-refractivity contribution is 0.295. The third kappa shape index (κ3) is 5.68. The van der Waals surface area contributed by atoms with Gasteiger partial charge in [0.15, 0.2) is 11.5 Å². The summed E-state index contributed by atoms with van der Waals surface area (Å²) in [6.07, 6.45) is 0. The molecular formula is C17H27NO3. The van der Waals surface area contributed by atoms with Gasteiger partial charge in [0.05, 0.1) is 14.2 Å². The van der Waals surface area contributed by atoms with E-state index in [-0.39, 0.29) is 0 Å². The summed E-state index contributed by atoms with van der Waals surface area (Å²) in [6, 6.07) is 3.95. The summed E-state index contributed by atoms with van der Waals surface area (Å²) in [5.74, 6) is 2.59. The molecule has 0 saturated carbocycles. The lowest BCUT2D eigenvalue weighted by Gasteiger charge is -2.16. The van der Waals surface area contributed by atoms with E-state index in [0.29, 0.717) is 29.8 Å². The van der Waals surface area contributed by atoms with Crippen molar-refractivity contribution in [2.24, 2.45) is 5.92 Å². The standard InChI is InChI=1S/C17H27NO3/c1-12(2)9-18-10-14-7-15(19-5)17(16(8-14)20-6)21-11-13(3)4/h7-8,12,18H,3,9-11H2,1-2,4-6H3. The maximum absolute atomic E-state index is 5.74. The third-order valence-electron chi connectivity index (χ3n) is 2.87. The molecule has 4 nitrogen and oxygen atoms in total. The molecule has 0 aliphatic rings. The highest BCUT2D eigenvalue weighted by Gasteiger charge is 2.14. The van der Waals surface area contributed by atoms with Crippen LogP contribution < -0.4 is 19.5 Å². The number of benzene rings is 1. The zero-order valence-electron chi connectivity index (χ0n) is 13.8. The van der Waals surface area contributed by atoms with Crippen molar-refractivity contribution in [3.8, 4) is 17.2 Å². The van der Waals surface area contributed by atoms with Gasteiger partial charge in [-0.3, -0.25) is 0 Å². The van der Waals surface area contributed by atoms with E-state index < -0.39 is 0 Å².